The maximum absolute atomic E-state index is 13.0. The van der Waals surface area contributed by atoms with E-state index < -0.39 is 18.0 Å². The molecule has 4 rings (SSSR count). The summed E-state index contributed by atoms with van der Waals surface area (Å²) in [6.07, 6.45) is 6.04. The third-order valence-electron chi connectivity index (χ3n) is 9.20. The molecule has 0 saturated heterocycles. The van der Waals surface area contributed by atoms with Crippen molar-refractivity contribution in [1.29, 1.82) is 0 Å². The maximum atomic E-state index is 13.0. The lowest BCUT2D eigenvalue weighted by molar-refractivity contribution is -0.156. The van der Waals surface area contributed by atoms with Crippen LogP contribution in [-0.2, 0) is 23.9 Å². The second kappa shape index (κ2) is 8.40. The Hall–Kier alpha value is -2.02. The molecule has 0 amide bonds. The lowest BCUT2D eigenvalue weighted by Gasteiger charge is -2.59. The van der Waals surface area contributed by atoms with Crippen LogP contribution in [0, 0.1) is 34.5 Å². The van der Waals surface area contributed by atoms with E-state index in [0.29, 0.717) is 24.7 Å². The number of carbonyl (C=O) groups excluding carboxylic acids is 3. The summed E-state index contributed by atoms with van der Waals surface area (Å²) in [5.41, 5.74) is 0.698. The van der Waals surface area contributed by atoms with Gasteiger partial charge in [0.15, 0.2) is 11.6 Å². The van der Waals surface area contributed by atoms with Gasteiger partial charge in [-0.3, -0.25) is 19.2 Å². The Morgan fingerprint density at radius 2 is 1.88 bits per heavy atom. The number of rotatable bonds is 6. The summed E-state index contributed by atoms with van der Waals surface area (Å²) in [4.78, 5) is 47.4. The largest absolute Gasteiger partial charge is 0.481 e. The smallest absolute Gasteiger partial charge is 0.306 e. The number of carbonyl (C=O) groups is 4. The Balaban J connectivity index is 1.48. The van der Waals surface area contributed by atoms with Gasteiger partial charge in [0, 0.05) is 12.3 Å². The molecule has 0 bridgehead atoms. The lowest BCUT2D eigenvalue weighted by atomic mass is 9.46. The topological polar surface area (TPSA) is 118 Å². The van der Waals surface area contributed by atoms with Crippen molar-refractivity contribution in [2.45, 2.75) is 77.7 Å². The van der Waals surface area contributed by atoms with Crippen LogP contribution in [0.1, 0.15) is 71.6 Å². The van der Waals surface area contributed by atoms with Gasteiger partial charge in [-0.15, -0.1) is 0 Å². The number of ether oxygens (including phenoxy) is 1. The van der Waals surface area contributed by atoms with Crippen LogP contribution in [0.25, 0.3) is 0 Å². The van der Waals surface area contributed by atoms with E-state index in [2.05, 4.69) is 13.8 Å². The predicted molar refractivity (Wildman–Crippen MR) is 114 cm³/mol. The second-order valence-electron chi connectivity index (χ2n) is 10.8. The first-order chi connectivity index (χ1) is 15.1. The highest BCUT2D eigenvalue weighted by atomic mass is 16.5. The zero-order chi connectivity index (χ0) is 23.3. The average Bonchev–Trinajstić information content (AvgIpc) is 3.07. The number of hydrogen-bond acceptors (Lipinski definition) is 6. The van der Waals surface area contributed by atoms with E-state index in [-0.39, 0.29) is 53.7 Å². The van der Waals surface area contributed by atoms with E-state index >= 15 is 0 Å². The zero-order valence-corrected chi connectivity index (χ0v) is 19.0. The molecule has 4 aliphatic carbocycles. The highest BCUT2D eigenvalue weighted by Gasteiger charge is 2.62. The first-order valence-electron chi connectivity index (χ1n) is 11.9. The molecule has 176 valence electrons. The molecule has 0 aromatic carbocycles. The number of aliphatic carboxylic acids is 1. The molecule has 0 radical (unpaired) electrons. The highest BCUT2D eigenvalue weighted by molar-refractivity contribution is 5.91. The van der Waals surface area contributed by atoms with E-state index in [4.69, 9.17) is 9.84 Å². The number of Topliss-reactive ketones (excluding diaryl/α,β-unsaturated/α-hetero) is 1. The number of hydrogen-bond donors (Lipinski definition) is 2. The summed E-state index contributed by atoms with van der Waals surface area (Å²) in [6, 6.07) is 0. The first kappa shape index (κ1) is 23.1. The molecule has 0 aromatic heterocycles. The zero-order valence-electron chi connectivity index (χ0n) is 19.0. The average molecular weight is 447 g/mol. The second-order valence-corrected chi connectivity index (χ2v) is 10.8. The quantitative estimate of drug-likeness (QED) is 0.602. The number of carboxylic acids is 1. The number of aliphatic hydroxyl groups is 1. The van der Waals surface area contributed by atoms with Crippen molar-refractivity contribution in [2.24, 2.45) is 34.5 Å². The fourth-order valence-electron chi connectivity index (χ4n) is 7.75. The Kier molecular flexibility index (Phi) is 6.07. The van der Waals surface area contributed by atoms with E-state index in [0.717, 1.165) is 32.1 Å². The van der Waals surface area contributed by atoms with Gasteiger partial charge in [-0.25, -0.2) is 0 Å². The van der Waals surface area contributed by atoms with Gasteiger partial charge in [0.25, 0.3) is 0 Å². The molecule has 32 heavy (non-hydrogen) atoms. The minimum absolute atomic E-state index is 0.108. The van der Waals surface area contributed by atoms with Crippen molar-refractivity contribution in [3.05, 3.63) is 11.6 Å². The summed E-state index contributed by atoms with van der Waals surface area (Å²) in [7, 11) is 0. The van der Waals surface area contributed by atoms with E-state index in [9.17, 15) is 24.3 Å². The van der Waals surface area contributed by atoms with Crippen LogP contribution >= 0.6 is 0 Å². The lowest BCUT2D eigenvalue weighted by Crippen LogP contribution is -2.57. The molecule has 0 aromatic rings. The van der Waals surface area contributed by atoms with Gasteiger partial charge in [-0.2, -0.15) is 0 Å². The third kappa shape index (κ3) is 3.82. The van der Waals surface area contributed by atoms with Crippen LogP contribution in [0.5, 0.6) is 0 Å². The van der Waals surface area contributed by atoms with Gasteiger partial charge >= 0.3 is 11.9 Å². The summed E-state index contributed by atoms with van der Waals surface area (Å²) < 4.78 is 5.07. The molecule has 7 nitrogen and oxygen atoms in total. The third-order valence-corrected chi connectivity index (χ3v) is 9.20. The molecule has 7 atom stereocenters. The van der Waals surface area contributed by atoms with Crippen LogP contribution in [0.3, 0.4) is 0 Å². The SMILES string of the molecule is CC12CCC(=O)C=C1CCC1C2C(O)CC2(C)C(C(=O)COC(=O)CCC(=O)O)CCC12. The number of ketones is 2. The molecule has 3 saturated carbocycles. The fraction of sp³-hybridized carbons (Fsp3) is 0.760. The molecule has 2 N–H and O–H groups in total. The van der Waals surface area contributed by atoms with Crippen LogP contribution in [-0.4, -0.2) is 46.4 Å². The van der Waals surface area contributed by atoms with E-state index in [1.54, 1.807) is 0 Å². The highest BCUT2D eigenvalue weighted by Crippen LogP contribution is 2.66. The standard InChI is InChI=1S/C25H34O7/c1-24-10-9-15(26)11-14(24)3-4-16-17-5-6-18(25(17,2)12-19(27)23(16)24)20(28)13-32-22(31)8-7-21(29)30/h11,16-19,23,27H,3-10,12-13H2,1-2H3,(H,29,30). The van der Waals surface area contributed by atoms with Crippen molar-refractivity contribution < 1.29 is 34.1 Å². The summed E-state index contributed by atoms with van der Waals surface area (Å²) in [6.45, 7) is 3.99. The Bertz CT molecular complexity index is 860. The first-order valence-corrected chi connectivity index (χ1v) is 11.9. The van der Waals surface area contributed by atoms with Gasteiger partial charge in [0.05, 0.1) is 18.9 Å². The van der Waals surface area contributed by atoms with Crippen molar-refractivity contribution in [3.63, 3.8) is 0 Å². The van der Waals surface area contributed by atoms with Gasteiger partial charge in [0.1, 0.15) is 6.61 Å². The summed E-state index contributed by atoms with van der Waals surface area (Å²) in [5, 5.41) is 20.0. The molecule has 3 fully saturated rings. The molecule has 7 heteroatoms. The molecule has 0 spiro atoms. The van der Waals surface area contributed by atoms with Gasteiger partial charge in [0.2, 0.25) is 0 Å². The fourth-order valence-corrected chi connectivity index (χ4v) is 7.75. The van der Waals surface area contributed by atoms with Crippen LogP contribution in [0.4, 0.5) is 0 Å². The summed E-state index contributed by atoms with van der Waals surface area (Å²) in [5.74, 6) is -1.21. The molecule has 0 heterocycles. The van der Waals surface area contributed by atoms with E-state index in [1.807, 2.05) is 6.08 Å². The number of esters is 1. The Morgan fingerprint density at radius 1 is 1.12 bits per heavy atom. The number of carboxylic acid groups (broad SMARTS) is 1. The Morgan fingerprint density at radius 3 is 2.59 bits per heavy atom. The number of allylic oxidation sites excluding steroid dienone is 1. The van der Waals surface area contributed by atoms with E-state index in [1.165, 1.54) is 5.57 Å². The minimum Gasteiger partial charge on any atom is -0.481 e. The van der Waals surface area contributed by atoms with Crippen molar-refractivity contribution in [3.8, 4) is 0 Å². The minimum atomic E-state index is -1.08. The number of fused-ring (bicyclic) bond motifs is 5. The molecule has 7 unspecified atom stereocenters. The molecular weight excluding hydrogens is 412 g/mol. The Labute approximate surface area is 188 Å². The monoisotopic (exact) mass is 446 g/mol. The van der Waals surface area contributed by atoms with Crippen LogP contribution in [0.15, 0.2) is 11.6 Å². The van der Waals surface area contributed by atoms with Crippen LogP contribution in [0.2, 0.25) is 0 Å². The van der Waals surface area contributed by atoms with Crippen molar-refractivity contribution in [1.82, 2.24) is 0 Å². The molecular formula is C25H34O7. The maximum Gasteiger partial charge on any atom is 0.306 e. The van der Waals surface area contributed by atoms with Gasteiger partial charge in [-0.1, -0.05) is 19.4 Å². The van der Waals surface area contributed by atoms with Gasteiger partial charge in [-0.05, 0) is 73.2 Å². The number of aliphatic hydroxyl groups excluding tert-OH is 1. The molecule has 4 aliphatic rings. The van der Waals surface area contributed by atoms with Crippen molar-refractivity contribution in [2.75, 3.05) is 6.61 Å². The molecule has 0 aliphatic heterocycles. The normalized spacial score (nSPS) is 40.5. The van der Waals surface area contributed by atoms with Gasteiger partial charge < -0.3 is 14.9 Å². The predicted octanol–water partition coefficient (Wildman–Crippen LogP) is 3.08. The van der Waals surface area contributed by atoms with Crippen molar-refractivity contribution >= 4 is 23.5 Å². The summed E-state index contributed by atoms with van der Waals surface area (Å²) >= 11 is 0. The van der Waals surface area contributed by atoms with Crippen LogP contribution < -0.4 is 0 Å².